The summed E-state index contributed by atoms with van der Waals surface area (Å²) in [7, 11) is -2.25. The lowest BCUT2D eigenvalue weighted by atomic mass is 9.95. The van der Waals surface area contributed by atoms with Crippen molar-refractivity contribution in [3.05, 3.63) is 58.6 Å². The van der Waals surface area contributed by atoms with Crippen LogP contribution in [0.5, 0.6) is 0 Å². The molecule has 2 aromatic carbocycles. The van der Waals surface area contributed by atoms with Gasteiger partial charge >= 0.3 is 0 Å². The molecule has 2 heterocycles. The summed E-state index contributed by atoms with van der Waals surface area (Å²) in [5.41, 5.74) is 1.83. The van der Waals surface area contributed by atoms with Gasteiger partial charge in [0.15, 0.2) is 0 Å². The average Bonchev–Trinajstić information content (AvgIpc) is 2.83. The summed E-state index contributed by atoms with van der Waals surface area (Å²) in [6, 6.07) is 11.8. The van der Waals surface area contributed by atoms with Crippen molar-refractivity contribution < 1.29 is 18.0 Å². The van der Waals surface area contributed by atoms with E-state index in [1.165, 1.54) is 22.5 Å². The van der Waals surface area contributed by atoms with Crippen molar-refractivity contribution in [2.45, 2.75) is 30.6 Å². The number of halogens is 1. The van der Waals surface area contributed by atoms with E-state index in [9.17, 15) is 18.0 Å². The molecule has 0 aromatic heterocycles. The zero-order chi connectivity index (χ0) is 22.9. The smallest absolute Gasteiger partial charge is 0.264 e. The molecule has 0 aliphatic carbocycles. The number of carbonyl (C=O) groups excluding carboxylic acids is 2. The predicted molar refractivity (Wildman–Crippen MR) is 123 cm³/mol. The van der Waals surface area contributed by atoms with E-state index < -0.39 is 10.0 Å². The maximum atomic E-state index is 13.5. The molecule has 0 bridgehead atoms. The molecule has 2 aliphatic heterocycles. The van der Waals surface area contributed by atoms with Crippen LogP contribution in [0.15, 0.2) is 47.4 Å². The van der Waals surface area contributed by atoms with E-state index in [0.29, 0.717) is 38.2 Å². The van der Waals surface area contributed by atoms with Gasteiger partial charge in [-0.2, -0.15) is 0 Å². The molecular weight excluding hydrogens is 450 g/mol. The van der Waals surface area contributed by atoms with Crippen molar-refractivity contribution in [1.29, 1.82) is 0 Å². The summed E-state index contributed by atoms with van der Waals surface area (Å²) < 4.78 is 28.4. The van der Waals surface area contributed by atoms with E-state index in [0.717, 1.165) is 18.4 Å². The van der Waals surface area contributed by atoms with E-state index >= 15 is 0 Å². The molecule has 170 valence electrons. The Morgan fingerprint density at radius 1 is 1.06 bits per heavy atom. The van der Waals surface area contributed by atoms with Crippen LogP contribution in [0, 0.1) is 5.92 Å². The summed E-state index contributed by atoms with van der Waals surface area (Å²) in [5.74, 6) is -0.461. The highest BCUT2D eigenvalue weighted by Gasteiger charge is 2.32. The number of anilines is 1. The van der Waals surface area contributed by atoms with Crippen molar-refractivity contribution in [2.24, 2.45) is 5.92 Å². The fourth-order valence-electron chi connectivity index (χ4n) is 4.42. The predicted octanol–water partition coefficient (Wildman–Crippen LogP) is 3.08. The van der Waals surface area contributed by atoms with Gasteiger partial charge in [0.1, 0.15) is 0 Å². The van der Waals surface area contributed by atoms with Gasteiger partial charge in [0, 0.05) is 32.6 Å². The van der Waals surface area contributed by atoms with Gasteiger partial charge < -0.3 is 10.2 Å². The molecule has 2 aliphatic rings. The lowest BCUT2D eigenvalue weighted by Gasteiger charge is -2.32. The lowest BCUT2D eigenvalue weighted by Crippen LogP contribution is -2.42. The van der Waals surface area contributed by atoms with E-state index in [1.807, 2.05) is 24.3 Å². The first-order valence-electron chi connectivity index (χ1n) is 10.7. The van der Waals surface area contributed by atoms with Gasteiger partial charge in [0.25, 0.3) is 15.9 Å². The topological polar surface area (TPSA) is 86.8 Å². The quantitative estimate of drug-likeness (QED) is 0.736. The Kier molecular flexibility index (Phi) is 6.44. The number of hydrogen-bond donors (Lipinski definition) is 1. The Balaban J connectivity index is 1.60. The maximum Gasteiger partial charge on any atom is 0.264 e. The number of amides is 2. The van der Waals surface area contributed by atoms with Crippen LogP contribution in [-0.2, 0) is 21.2 Å². The van der Waals surface area contributed by atoms with Crippen LogP contribution in [0.2, 0.25) is 5.02 Å². The second kappa shape index (κ2) is 9.11. The number of likely N-dealkylation sites (tertiary alicyclic amines) is 1. The zero-order valence-electron chi connectivity index (χ0n) is 17.9. The van der Waals surface area contributed by atoms with Crippen molar-refractivity contribution in [3.8, 4) is 0 Å². The molecule has 7 nitrogen and oxygen atoms in total. The highest BCUT2D eigenvalue weighted by atomic mass is 35.5. The number of sulfonamides is 1. The zero-order valence-corrected chi connectivity index (χ0v) is 19.5. The number of carbonyl (C=O) groups is 2. The molecule has 0 spiro atoms. The van der Waals surface area contributed by atoms with Gasteiger partial charge in [-0.1, -0.05) is 29.8 Å². The Labute approximate surface area is 193 Å². The third-order valence-corrected chi connectivity index (χ3v) is 8.36. The van der Waals surface area contributed by atoms with E-state index in [2.05, 4.69) is 5.32 Å². The molecule has 2 amide bonds. The van der Waals surface area contributed by atoms with E-state index in [1.54, 1.807) is 11.9 Å². The summed E-state index contributed by atoms with van der Waals surface area (Å²) in [5, 5.41) is 2.86. The maximum absolute atomic E-state index is 13.5. The van der Waals surface area contributed by atoms with Gasteiger partial charge in [0.05, 0.1) is 21.2 Å². The second-order valence-corrected chi connectivity index (χ2v) is 10.4. The first kappa shape index (κ1) is 22.6. The Morgan fingerprint density at radius 3 is 2.50 bits per heavy atom. The molecule has 32 heavy (non-hydrogen) atoms. The van der Waals surface area contributed by atoms with Crippen molar-refractivity contribution in [3.63, 3.8) is 0 Å². The van der Waals surface area contributed by atoms with Crippen LogP contribution in [-0.4, -0.2) is 51.8 Å². The number of rotatable bonds is 4. The van der Waals surface area contributed by atoms with Crippen LogP contribution >= 0.6 is 11.6 Å². The Hall–Kier alpha value is -2.58. The molecule has 0 saturated carbocycles. The van der Waals surface area contributed by atoms with Crippen LogP contribution in [0.25, 0.3) is 0 Å². The number of nitrogens with zero attached hydrogens (tertiary/aromatic N) is 2. The molecule has 4 rings (SSSR count). The number of nitrogens with one attached hydrogen (secondary N) is 1. The van der Waals surface area contributed by atoms with E-state index in [-0.39, 0.29) is 33.2 Å². The molecule has 9 heteroatoms. The fourth-order valence-corrected chi connectivity index (χ4v) is 6.19. The van der Waals surface area contributed by atoms with Crippen molar-refractivity contribution in [1.82, 2.24) is 10.2 Å². The molecule has 0 atom stereocenters. The van der Waals surface area contributed by atoms with Crippen molar-refractivity contribution in [2.75, 3.05) is 31.0 Å². The minimum atomic E-state index is -3.85. The largest absolute Gasteiger partial charge is 0.359 e. The third kappa shape index (κ3) is 4.21. The normalized spacial score (nSPS) is 17.1. The second-order valence-electron chi connectivity index (χ2n) is 8.13. The standard InChI is InChI=1S/C23H26ClN3O4S/c1-25-22(28)17-10-13-26(14-11-17)23(29)19-15-18(8-9-20(19)24)32(30,31)27-12-4-6-16-5-2-3-7-21(16)27/h2-3,5,7-9,15,17H,4,6,10-14H2,1H3,(H,25,28). The molecular formula is C23H26ClN3O4S. The highest BCUT2D eigenvalue weighted by Crippen LogP contribution is 2.33. The van der Waals surface area contributed by atoms with Gasteiger partial charge in [0.2, 0.25) is 5.91 Å². The minimum Gasteiger partial charge on any atom is -0.359 e. The number of fused-ring (bicyclic) bond motifs is 1. The van der Waals surface area contributed by atoms with E-state index in [4.69, 9.17) is 11.6 Å². The van der Waals surface area contributed by atoms with Crippen molar-refractivity contribution >= 4 is 39.1 Å². The molecule has 2 aromatic rings. The minimum absolute atomic E-state index is 0.0231. The van der Waals surface area contributed by atoms with Crippen LogP contribution in [0.3, 0.4) is 0 Å². The van der Waals surface area contributed by atoms with Gasteiger partial charge in [-0.15, -0.1) is 0 Å². The molecule has 0 unspecified atom stereocenters. The van der Waals surface area contributed by atoms with Crippen LogP contribution in [0.4, 0.5) is 5.69 Å². The number of para-hydroxylation sites is 1. The summed E-state index contributed by atoms with van der Waals surface area (Å²) in [6.45, 7) is 1.23. The number of aryl methyl sites for hydroxylation is 1. The molecule has 1 saturated heterocycles. The highest BCUT2D eigenvalue weighted by molar-refractivity contribution is 7.92. The van der Waals surface area contributed by atoms with Crippen LogP contribution < -0.4 is 9.62 Å². The SMILES string of the molecule is CNC(=O)C1CCN(C(=O)c2cc(S(=O)(=O)N3CCCc4ccccc43)ccc2Cl)CC1. The number of piperidine rings is 1. The third-order valence-electron chi connectivity index (χ3n) is 6.22. The first-order chi connectivity index (χ1) is 15.3. The lowest BCUT2D eigenvalue weighted by molar-refractivity contribution is -0.125. The average molecular weight is 476 g/mol. The Morgan fingerprint density at radius 2 is 1.78 bits per heavy atom. The monoisotopic (exact) mass is 475 g/mol. The van der Waals surface area contributed by atoms with Gasteiger partial charge in [-0.05, 0) is 55.5 Å². The Bertz CT molecular complexity index is 1140. The summed E-state index contributed by atoms with van der Waals surface area (Å²) in [4.78, 5) is 26.7. The van der Waals surface area contributed by atoms with Crippen LogP contribution in [0.1, 0.15) is 35.2 Å². The van der Waals surface area contributed by atoms with Gasteiger partial charge in [-0.25, -0.2) is 8.42 Å². The number of hydrogen-bond acceptors (Lipinski definition) is 4. The molecule has 1 N–H and O–H groups in total. The summed E-state index contributed by atoms with van der Waals surface area (Å²) >= 11 is 6.31. The molecule has 1 fully saturated rings. The summed E-state index contributed by atoms with van der Waals surface area (Å²) in [6.07, 6.45) is 2.69. The fraction of sp³-hybridized carbons (Fsp3) is 0.391. The first-order valence-corrected chi connectivity index (χ1v) is 12.6. The van der Waals surface area contributed by atoms with Gasteiger partial charge in [-0.3, -0.25) is 13.9 Å². The molecule has 0 radical (unpaired) electrons. The number of benzene rings is 2.